The van der Waals surface area contributed by atoms with Gasteiger partial charge in [-0.3, -0.25) is 0 Å². The van der Waals surface area contributed by atoms with Crippen LogP contribution in [-0.2, 0) is 23.4 Å². The number of hydrogen-bond donors (Lipinski definition) is 0. The molecule has 0 N–H and O–H groups in total. The van der Waals surface area contributed by atoms with E-state index in [4.69, 9.17) is 23.4 Å². The number of hydrogen-bond acceptors (Lipinski definition) is 8. The lowest BCUT2D eigenvalue weighted by Gasteiger charge is -2.61. The molecule has 3 fully saturated rings. The van der Waals surface area contributed by atoms with Crippen LogP contribution in [0.2, 0.25) is 39.3 Å². The fourth-order valence-electron chi connectivity index (χ4n) is 8.58. The van der Waals surface area contributed by atoms with Crippen LogP contribution in [0.3, 0.4) is 0 Å². The van der Waals surface area contributed by atoms with Crippen LogP contribution in [0.15, 0.2) is 27.1 Å². The predicted molar refractivity (Wildman–Crippen MR) is 167 cm³/mol. The fraction of sp³-hybridized carbons (Fsp3) is 0.833. The highest BCUT2D eigenvalue weighted by molar-refractivity contribution is 6.70. The van der Waals surface area contributed by atoms with E-state index in [-0.39, 0.29) is 22.9 Å². The van der Waals surface area contributed by atoms with Crippen LogP contribution in [0.4, 0.5) is 0 Å². The van der Waals surface area contributed by atoms with E-state index < -0.39 is 16.6 Å². The van der Waals surface area contributed by atoms with Gasteiger partial charge in [-0.2, -0.15) is 0 Å². The second-order valence-electron chi connectivity index (χ2n) is 14.5. The maximum Gasteiger partial charge on any atom is 0.184 e. The molecule has 226 valence electrons. The molecule has 4 aliphatic carbocycles. The summed E-state index contributed by atoms with van der Waals surface area (Å²) in [6.45, 7) is 16.6. The third kappa shape index (κ3) is 6.29. The fourth-order valence-corrected chi connectivity index (χ4v) is 10.3. The molecular formula is C30H53N3O5Si2. The van der Waals surface area contributed by atoms with Crippen LogP contribution in [0.25, 0.3) is 0 Å². The number of oxime groups is 3. The van der Waals surface area contributed by atoms with Crippen molar-refractivity contribution in [1.82, 2.24) is 0 Å². The van der Waals surface area contributed by atoms with Crippen molar-refractivity contribution in [1.29, 1.82) is 0 Å². The zero-order valence-corrected chi connectivity index (χ0v) is 28.6. The molecule has 0 aromatic carbocycles. The lowest BCUT2D eigenvalue weighted by molar-refractivity contribution is -0.0982. The van der Waals surface area contributed by atoms with Crippen molar-refractivity contribution in [2.75, 3.05) is 27.9 Å². The van der Waals surface area contributed by atoms with Crippen molar-refractivity contribution in [2.24, 2.45) is 50.0 Å². The maximum absolute atomic E-state index is 7.21. The summed E-state index contributed by atoms with van der Waals surface area (Å²) >= 11 is 0. The molecular weight excluding hydrogens is 539 g/mol. The second-order valence-corrected chi connectivity index (χ2v) is 23.5. The third-order valence-electron chi connectivity index (χ3n) is 9.87. The van der Waals surface area contributed by atoms with Gasteiger partial charge in [0.1, 0.15) is 21.3 Å². The highest BCUT2D eigenvalue weighted by Gasteiger charge is 2.65. The lowest BCUT2D eigenvalue weighted by atomic mass is 9.45. The first-order chi connectivity index (χ1) is 18.8. The number of allylic oxidation sites excluding steroid dienone is 2. The van der Waals surface area contributed by atoms with Crippen molar-refractivity contribution < 1.29 is 23.4 Å². The summed E-state index contributed by atoms with van der Waals surface area (Å²) in [6, 6.07) is 0. The Kier molecular flexibility index (Phi) is 9.44. The average molecular weight is 592 g/mol. The van der Waals surface area contributed by atoms with E-state index in [1.165, 1.54) is 5.57 Å². The van der Waals surface area contributed by atoms with Crippen LogP contribution in [-0.4, -0.2) is 68.3 Å². The van der Waals surface area contributed by atoms with Crippen LogP contribution < -0.4 is 0 Å². The monoisotopic (exact) mass is 591 g/mol. The van der Waals surface area contributed by atoms with Crippen molar-refractivity contribution in [3.63, 3.8) is 0 Å². The van der Waals surface area contributed by atoms with Gasteiger partial charge in [0.25, 0.3) is 0 Å². The average Bonchev–Trinajstić information content (AvgIpc) is 3.23. The molecule has 10 heteroatoms. The zero-order valence-electron chi connectivity index (χ0n) is 26.6. The largest absolute Gasteiger partial charge is 0.414 e. The van der Waals surface area contributed by atoms with Crippen molar-refractivity contribution in [3.05, 3.63) is 11.6 Å². The van der Waals surface area contributed by atoms with Gasteiger partial charge in [0.2, 0.25) is 0 Å². The van der Waals surface area contributed by atoms with Gasteiger partial charge in [-0.05, 0) is 113 Å². The molecule has 0 spiro atoms. The van der Waals surface area contributed by atoms with Crippen LogP contribution >= 0.6 is 0 Å². The Morgan fingerprint density at radius 3 is 2.35 bits per heavy atom. The molecule has 0 aromatic heterocycles. The topological polar surface area (TPSA) is 83.2 Å². The lowest BCUT2D eigenvalue weighted by Crippen LogP contribution is -2.60. The summed E-state index contributed by atoms with van der Waals surface area (Å²) in [5, 5.41) is 13.4. The highest BCUT2D eigenvalue weighted by Crippen LogP contribution is 2.67. The minimum Gasteiger partial charge on any atom is -0.414 e. The van der Waals surface area contributed by atoms with Crippen LogP contribution in [0.5, 0.6) is 0 Å². The van der Waals surface area contributed by atoms with Crippen molar-refractivity contribution in [2.45, 2.75) is 97.3 Å². The second kappa shape index (κ2) is 12.0. The molecule has 7 atom stereocenters. The Morgan fingerprint density at radius 2 is 1.73 bits per heavy atom. The van der Waals surface area contributed by atoms with Crippen LogP contribution in [0, 0.1) is 34.5 Å². The minimum absolute atomic E-state index is 0.0903. The first-order valence-corrected chi connectivity index (χ1v) is 21.9. The maximum atomic E-state index is 7.21. The SMILES string of the molecule is CO/N=C(\CO[Si](C)(C)C)[C@H]1CC[C@H]2[C@@H]3CCC4=C/C(=N/OC)CC[C@]4(C)[C@H]3[C@@H](O[Si](C)(C)C)C[C@]12/C=N/OC. The molecule has 0 radical (unpaired) electrons. The van der Waals surface area contributed by atoms with Gasteiger partial charge in [0.05, 0.1) is 24.2 Å². The van der Waals surface area contributed by atoms with Crippen LogP contribution in [0.1, 0.15) is 51.9 Å². The van der Waals surface area contributed by atoms with Gasteiger partial charge in [-0.25, -0.2) is 0 Å². The Balaban J connectivity index is 1.80. The molecule has 4 aliphatic rings. The summed E-state index contributed by atoms with van der Waals surface area (Å²) in [5.41, 5.74) is 3.47. The van der Waals surface area contributed by atoms with E-state index in [9.17, 15) is 0 Å². The van der Waals surface area contributed by atoms with E-state index in [0.29, 0.717) is 24.4 Å². The molecule has 4 rings (SSSR count). The zero-order chi connectivity index (χ0) is 29.3. The number of rotatable bonds is 10. The molecule has 0 aromatic rings. The first-order valence-electron chi connectivity index (χ1n) is 15.1. The van der Waals surface area contributed by atoms with Gasteiger partial charge < -0.3 is 23.4 Å². The summed E-state index contributed by atoms with van der Waals surface area (Å²) in [4.78, 5) is 16.0. The molecule has 0 bridgehead atoms. The number of nitrogens with zero attached hydrogens (tertiary/aromatic N) is 3. The minimum atomic E-state index is -1.86. The molecule has 0 heterocycles. The summed E-state index contributed by atoms with van der Waals surface area (Å²) in [7, 11) is 1.32. The molecule has 0 saturated heterocycles. The van der Waals surface area contributed by atoms with E-state index in [0.717, 1.165) is 56.4 Å². The molecule has 0 unspecified atom stereocenters. The summed E-state index contributed by atoms with van der Waals surface area (Å²) in [5.74, 6) is 1.65. The molecule has 3 saturated carbocycles. The van der Waals surface area contributed by atoms with Gasteiger partial charge in [-0.1, -0.05) is 28.0 Å². The molecule has 40 heavy (non-hydrogen) atoms. The molecule has 8 nitrogen and oxygen atoms in total. The van der Waals surface area contributed by atoms with Gasteiger partial charge >= 0.3 is 0 Å². The van der Waals surface area contributed by atoms with E-state index in [1.807, 2.05) is 0 Å². The van der Waals surface area contributed by atoms with Crippen molar-refractivity contribution >= 4 is 34.3 Å². The molecule has 0 aliphatic heterocycles. The third-order valence-corrected chi connectivity index (χ3v) is 11.9. The van der Waals surface area contributed by atoms with E-state index >= 15 is 0 Å². The summed E-state index contributed by atoms with van der Waals surface area (Å²) in [6.07, 6.45) is 12.0. The van der Waals surface area contributed by atoms with E-state index in [2.05, 4.69) is 74.0 Å². The Labute approximate surface area is 244 Å². The van der Waals surface area contributed by atoms with Gasteiger partial charge in [0, 0.05) is 17.4 Å². The van der Waals surface area contributed by atoms with Crippen molar-refractivity contribution in [3.8, 4) is 0 Å². The Hall–Kier alpha value is -1.50. The van der Waals surface area contributed by atoms with E-state index in [1.54, 1.807) is 21.3 Å². The molecule has 0 amide bonds. The standard InChI is InChI=1S/C30H53N3O5Si2/c1-29-16-15-22(32-35-3)17-21(29)11-12-23-24-13-14-25(26(33-36-4)19-37-39(5,6)7)30(24,20-31-34-2)18-27(28(23)29)38-40(8,9)10/h17,20,23-25,27-28H,11-16,18-19H2,1-10H3/b31-20+,32-22+,33-26+/t23-,24-,25+,27-,28+,29-,30+/m0/s1. The van der Waals surface area contributed by atoms with Gasteiger partial charge in [0.15, 0.2) is 16.6 Å². The smallest absolute Gasteiger partial charge is 0.184 e. The Morgan fingerprint density at radius 1 is 0.975 bits per heavy atom. The highest BCUT2D eigenvalue weighted by atomic mass is 28.4. The number of fused-ring (bicyclic) bond motifs is 5. The quantitative estimate of drug-likeness (QED) is 0.157. The summed E-state index contributed by atoms with van der Waals surface area (Å²) < 4.78 is 13.6. The van der Waals surface area contributed by atoms with Gasteiger partial charge in [-0.15, -0.1) is 0 Å². The Bertz CT molecular complexity index is 1030. The first kappa shape index (κ1) is 31.4. The normalized spacial score (nSPS) is 37.5. The predicted octanol–water partition coefficient (Wildman–Crippen LogP) is 6.86.